The van der Waals surface area contributed by atoms with Gasteiger partial charge in [-0.15, -0.1) is 0 Å². The van der Waals surface area contributed by atoms with E-state index in [1.54, 1.807) is 17.8 Å². The zero-order valence-electron chi connectivity index (χ0n) is 15.5. The van der Waals surface area contributed by atoms with Crippen LogP contribution in [0.5, 0.6) is 0 Å². The number of thioether (sulfide) groups is 1. The summed E-state index contributed by atoms with van der Waals surface area (Å²) >= 11 is 7.91. The Morgan fingerprint density at radius 3 is 2.44 bits per heavy atom. The Morgan fingerprint density at radius 2 is 1.85 bits per heavy atom. The fraction of sp³-hybridized carbons (Fsp3) is 0.316. The second-order valence-electron chi connectivity index (χ2n) is 6.19. The molecule has 0 radical (unpaired) electrons. The van der Waals surface area contributed by atoms with Gasteiger partial charge in [-0.1, -0.05) is 41.4 Å². The number of nitrogens with one attached hydrogen (secondary N) is 1. The van der Waals surface area contributed by atoms with Gasteiger partial charge in [0.1, 0.15) is 0 Å². The smallest absolute Gasteiger partial charge is 0.252 e. The van der Waals surface area contributed by atoms with Crippen molar-refractivity contribution in [3.05, 3.63) is 64.2 Å². The third kappa shape index (κ3) is 6.45. The second kappa shape index (κ2) is 9.48. The lowest BCUT2D eigenvalue weighted by Gasteiger charge is -2.17. The lowest BCUT2D eigenvalue weighted by atomic mass is 10.2. The van der Waals surface area contributed by atoms with Gasteiger partial charge in [-0.25, -0.2) is 8.42 Å². The van der Waals surface area contributed by atoms with E-state index < -0.39 is 10.0 Å². The monoisotopic (exact) mass is 426 g/mol. The first kappa shape index (κ1) is 21.6. The molecule has 0 aliphatic rings. The predicted octanol–water partition coefficient (Wildman–Crippen LogP) is 3.71. The highest BCUT2D eigenvalue weighted by atomic mass is 35.5. The van der Waals surface area contributed by atoms with Gasteiger partial charge in [-0.2, -0.15) is 11.8 Å². The van der Waals surface area contributed by atoms with Gasteiger partial charge in [-0.05, 0) is 30.7 Å². The fourth-order valence-electron chi connectivity index (χ4n) is 2.28. The summed E-state index contributed by atoms with van der Waals surface area (Å²) in [6, 6.07) is 13.0. The summed E-state index contributed by atoms with van der Waals surface area (Å²) in [7, 11) is -1.94. The van der Waals surface area contributed by atoms with Crippen molar-refractivity contribution in [2.45, 2.75) is 12.7 Å². The van der Waals surface area contributed by atoms with E-state index in [2.05, 4.69) is 36.5 Å². The van der Waals surface area contributed by atoms with Crippen LogP contribution in [-0.2, 0) is 15.8 Å². The van der Waals surface area contributed by atoms with E-state index >= 15 is 0 Å². The van der Waals surface area contributed by atoms with Crippen molar-refractivity contribution in [2.24, 2.45) is 0 Å². The number of hydrogen-bond donors (Lipinski definition) is 1. The van der Waals surface area contributed by atoms with E-state index in [1.807, 2.05) is 0 Å². The molecular weight excluding hydrogens is 404 g/mol. The number of carbonyl (C=O) groups is 1. The van der Waals surface area contributed by atoms with Crippen LogP contribution in [-0.4, -0.2) is 39.9 Å². The first-order chi connectivity index (χ1) is 12.7. The topological polar surface area (TPSA) is 66.5 Å². The van der Waals surface area contributed by atoms with E-state index in [-0.39, 0.29) is 10.9 Å². The number of anilines is 1. The summed E-state index contributed by atoms with van der Waals surface area (Å²) in [5, 5.41) is 3.05. The van der Waals surface area contributed by atoms with Crippen LogP contribution >= 0.6 is 23.4 Å². The highest BCUT2D eigenvalue weighted by Gasteiger charge is 2.16. The number of rotatable bonds is 8. The minimum Gasteiger partial charge on any atom is -0.351 e. The van der Waals surface area contributed by atoms with Gasteiger partial charge in [0.15, 0.2) is 0 Å². The molecular formula is C19H23ClN2O3S2. The molecule has 0 unspecified atom stereocenters. The quantitative estimate of drug-likeness (QED) is 0.653. The van der Waals surface area contributed by atoms with Crippen molar-refractivity contribution < 1.29 is 13.2 Å². The van der Waals surface area contributed by atoms with Crippen LogP contribution in [0.2, 0.25) is 5.02 Å². The highest BCUT2D eigenvalue weighted by molar-refractivity contribution is 7.98. The molecule has 0 bridgehead atoms. The Bertz CT molecular complexity index is 900. The standard InChI is InChI=1S/C19H23ClN2O3S2/c1-14-4-6-15(7-5-14)13-26-11-10-21-19(23)17-9-8-16(12-18(17)20)22(2)27(3,24)25/h4-9,12H,10-11,13H2,1-3H3,(H,21,23). The van der Waals surface area contributed by atoms with Crippen molar-refractivity contribution in [3.8, 4) is 0 Å². The lowest BCUT2D eigenvalue weighted by molar-refractivity contribution is 0.0956. The molecule has 0 aliphatic heterocycles. The van der Waals surface area contributed by atoms with Crippen LogP contribution in [0.3, 0.4) is 0 Å². The van der Waals surface area contributed by atoms with E-state index in [0.717, 1.165) is 22.1 Å². The van der Waals surface area contributed by atoms with Crippen molar-refractivity contribution in [2.75, 3.05) is 29.9 Å². The van der Waals surface area contributed by atoms with E-state index in [0.29, 0.717) is 17.8 Å². The molecule has 5 nitrogen and oxygen atoms in total. The summed E-state index contributed by atoms with van der Waals surface area (Å²) in [6.07, 6.45) is 1.11. The molecule has 8 heteroatoms. The fourth-order valence-corrected chi connectivity index (χ4v) is 3.86. The van der Waals surface area contributed by atoms with Crippen LogP contribution < -0.4 is 9.62 Å². The number of benzene rings is 2. The maximum absolute atomic E-state index is 12.3. The molecule has 0 saturated heterocycles. The number of amides is 1. The van der Waals surface area contributed by atoms with Gasteiger partial charge in [0.25, 0.3) is 5.91 Å². The number of hydrogen-bond acceptors (Lipinski definition) is 4. The summed E-state index contributed by atoms with van der Waals surface area (Å²) < 4.78 is 24.3. The van der Waals surface area contributed by atoms with Crippen LogP contribution in [0.1, 0.15) is 21.5 Å². The van der Waals surface area contributed by atoms with Crippen LogP contribution in [0, 0.1) is 6.92 Å². The maximum Gasteiger partial charge on any atom is 0.252 e. The molecule has 0 heterocycles. The van der Waals surface area contributed by atoms with E-state index in [9.17, 15) is 13.2 Å². The van der Waals surface area contributed by atoms with Crippen molar-refractivity contribution >= 4 is 45.0 Å². The van der Waals surface area contributed by atoms with E-state index in [4.69, 9.17) is 11.6 Å². The molecule has 146 valence electrons. The SMILES string of the molecule is Cc1ccc(CSCCNC(=O)c2ccc(N(C)S(C)(=O)=O)cc2Cl)cc1. The van der Waals surface area contributed by atoms with Gasteiger partial charge in [0, 0.05) is 25.1 Å². The van der Waals surface area contributed by atoms with Crippen molar-refractivity contribution in [1.29, 1.82) is 0 Å². The predicted molar refractivity (Wildman–Crippen MR) is 114 cm³/mol. The van der Waals surface area contributed by atoms with Crippen LogP contribution in [0.25, 0.3) is 0 Å². The Balaban J connectivity index is 1.84. The van der Waals surface area contributed by atoms with E-state index in [1.165, 1.54) is 30.3 Å². The Morgan fingerprint density at radius 1 is 1.19 bits per heavy atom. The molecule has 0 aliphatic carbocycles. The van der Waals surface area contributed by atoms with Gasteiger partial charge >= 0.3 is 0 Å². The Kier molecular flexibility index (Phi) is 7.59. The first-order valence-corrected chi connectivity index (χ1v) is 11.7. The number of carbonyl (C=O) groups excluding carboxylic acids is 1. The molecule has 1 amide bonds. The van der Waals surface area contributed by atoms with Crippen molar-refractivity contribution in [1.82, 2.24) is 5.32 Å². The molecule has 0 atom stereocenters. The van der Waals surface area contributed by atoms with Gasteiger partial charge in [-0.3, -0.25) is 9.10 Å². The number of halogens is 1. The average Bonchev–Trinajstić information content (AvgIpc) is 2.61. The maximum atomic E-state index is 12.3. The van der Waals surface area contributed by atoms with Gasteiger partial charge in [0.05, 0.1) is 22.5 Å². The minimum absolute atomic E-state index is 0.216. The molecule has 0 fully saturated rings. The Labute approximate surface area is 170 Å². The second-order valence-corrected chi connectivity index (χ2v) is 9.71. The Hall–Kier alpha value is -1.70. The molecule has 0 spiro atoms. The van der Waals surface area contributed by atoms with Crippen LogP contribution in [0.15, 0.2) is 42.5 Å². The molecule has 0 aromatic heterocycles. The molecule has 0 saturated carbocycles. The lowest BCUT2D eigenvalue weighted by Crippen LogP contribution is -2.27. The number of aryl methyl sites for hydroxylation is 1. The van der Waals surface area contributed by atoms with Crippen LogP contribution in [0.4, 0.5) is 5.69 Å². The zero-order valence-corrected chi connectivity index (χ0v) is 17.9. The molecule has 2 aromatic rings. The normalized spacial score (nSPS) is 11.3. The summed E-state index contributed by atoms with van der Waals surface area (Å²) in [6.45, 7) is 2.58. The molecule has 1 N–H and O–H groups in total. The highest BCUT2D eigenvalue weighted by Crippen LogP contribution is 2.24. The third-order valence-electron chi connectivity index (χ3n) is 3.98. The first-order valence-electron chi connectivity index (χ1n) is 8.33. The van der Waals surface area contributed by atoms with Gasteiger partial charge in [0.2, 0.25) is 10.0 Å². The van der Waals surface area contributed by atoms with Gasteiger partial charge < -0.3 is 5.32 Å². The molecule has 2 aromatic carbocycles. The largest absolute Gasteiger partial charge is 0.351 e. The summed E-state index contributed by atoms with van der Waals surface area (Å²) in [5.74, 6) is 1.40. The number of sulfonamides is 1. The van der Waals surface area contributed by atoms with Crippen molar-refractivity contribution in [3.63, 3.8) is 0 Å². The zero-order chi connectivity index (χ0) is 20.0. The molecule has 2 rings (SSSR count). The molecule has 27 heavy (non-hydrogen) atoms. The summed E-state index contributed by atoms with van der Waals surface area (Å²) in [5.41, 5.74) is 3.23. The third-order valence-corrected chi connectivity index (χ3v) is 6.53. The number of nitrogens with zero attached hydrogens (tertiary/aromatic N) is 1. The summed E-state index contributed by atoms with van der Waals surface area (Å²) in [4.78, 5) is 12.3. The average molecular weight is 427 g/mol. The minimum atomic E-state index is -3.38.